The van der Waals surface area contributed by atoms with Crippen molar-refractivity contribution in [1.82, 2.24) is 10.2 Å². The van der Waals surface area contributed by atoms with Gasteiger partial charge < -0.3 is 9.15 Å². The molecule has 3 rings (SSSR count). The summed E-state index contributed by atoms with van der Waals surface area (Å²) in [6, 6.07) is 11.1. The number of rotatable bonds is 5. The molecule has 2 aromatic carbocycles. The van der Waals surface area contributed by atoms with Gasteiger partial charge in [-0.15, -0.1) is 10.2 Å². The predicted molar refractivity (Wildman–Crippen MR) is 101 cm³/mol. The molecule has 3 aromatic rings. The van der Waals surface area contributed by atoms with E-state index in [0.29, 0.717) is 5.56 Å². The molecule has 0 spiro atoms. The topological polar surface area (TPSA) is 99.4 Å². The van der Waals surface area contributed by atoms with Crippen LogP contribution in [0.2, 0.25) is 5.02 Å². The Kier molecular flexibility index (Phi) is 5.64. The second-order valence-electron chi connectivity index (χ2n) is 5.47. The number of hydrogen-bond acceptors (Lipinski definition) is 7. The molecule has 0 bridgehead atoms. The Morgan fingerprint density at radius 1 is 1.22 bits per heavy atom. The average Bonchev–Trinajstić information content (AvgIpc) is 3.08. The summed E-state index contributed by atoms with van der Waals surface area (Å²) in [5.41, 5.74) is 0.636. The van der Waals surface area contributed by atoms with Crippen LogP contribution in [0.5, 0.6) is 0 Å². The van der Waals surface area contributed by atoms with Gasteiger partial charge in [-0.1, -0.05) is 23.7 Å². The molecule has 10 heteroatoms. The fraction of sp³-hybridized carbons (Fsp3) is 0.118. The van der Waals surface area contributed by atoms with E-state index in [4.69, 9.17) is 20.8 Å². The summed E-state index contributed by atoms with van der Waals surface area (Å²) in [7, 11) is -3.49. The summed E-state index contributed by atoms with van der Waals surface area (Å²) in [5.74, 6) is -0.443. The van der Waals surface area contributed by atoms with Crippen LogP contribution in [0.3, 0.4) is 0 Å². The lowest BCUT2D eigenvalue weighted by Crippen LogP contribution is -2.08. The minimum atomic E-state index is -3.49. The molecule has 0 fully saturated rings. The normalized spacial score (nSPS) is 11.4. The first-order valence-corrected chi connectivity index (χ1v) is 10.6. The number of ether oxygens (including phenoxy) is 1. The van der Waals surface area contributed by atoms with Gasteiger partial charge in [0.05, 0.1) is 21.0 Å². The molecular weight excluding hydrogens is 460 g/mol. The molecule has 0 aliphatic rings. The highest BCUT2D eigenvalue weighted by molar-refractivity contribution is 9.10. The highest BCUT2D eigenvalue weighted by atomic mass is 79.9. The van der Waals surface area contributed by atoms with E-state index >= 15 is 0 Å². The van der Waals surface area contributed by atoms with E-state index in [-0.39, 0.29) is 33.9 Å². The SMILES string of the molecule is CS(=O)(=O)c1ccc(Cl)c(C(=O)OCc2nnc(-c3ccccc3Br)o2)c1. The number of aromatic nitrogens is 2. The van der Waals surface area contributed by atoms with E-state index in [1.807, 2.05) is 18.2 Å². The Balaban J connectivity index is 1.75. The fourth-order valence-electron chi connectivity index (χ4n) is 2.15. The molecule has 0 saturated carbocycles. The lowest BCUT2D eigenvalue weighted by molar-refractivity contribution is 0.0438. The first-order valence-electron chi connectivity index (χ1n) is 7.49. The molecule has 1 heterocycles. The largest absolute Gasteiger partial charge is 0.452 e. The summed E-state index contributed by atoms with van der Waals surface area (Å²) in [6.45, 7) is -0.282. The van der Waals surface area contributed by atoms with Crippen LogP contribution in [0.1, 0.15) is 16.2 Å². The van der Waals surface area contributed by atoms with Crippen LogP contribution in [0.15, 0.2) is 56.2 Å². The molecule has 0 atom stereocenters. The lowest BCUT2D eigenvalue weighted by atomic mass is 10.2. The summed E-state index contributed by atoms with van der Waals surface area (Å²) in [4.78, 5) is 12.2. The molecule has 0 radical (unpaired) electrons. The first kappa shape index (κ1) is 19.5. The van der Waals surface area contributed by atoms with Crippen LogP contribution in [-0.2, 0) is 21.2 Å². The Hall–Kier alpha value is -2.23. The third-order valence-electron chi connectivity index (χ3n) is 3.48. The third-order valence-corrected chi connectivity index (χ3v) is 5.62. The molecule has 7 nitrogen and oxygen atoms in total. The van der Waals surface area contributed by atoms with E-state index in [2.05, 4.69) is 26.1 Å². The Morgan fingerprint density at radius 2 is 1.96 bits per heavy atom. The zero-order chi connectivity index (χ0) is 19.6. The second-order valence-corrected chi connectivity index (χ2v) is 8.75. The standard InChI is InChI=1S/C17H12BrClN2O5S/c1-27(23,24)10-6-7-14(19)12(8-10)17(22)25-9-15-20-21-16(26-15)11-4-2-3-5-13(11)18/h2-8H,9H2,1H3. The van der Waals surface area contributed by atoms with Gasteiger partial charge in [0.25, 0.3) is 5.89 Å². The van der Waals surface area contributed by atoms with Gasteiger partial charge in [-0.05, 0) is 46.3 Å². The van der Waals surface area contributed by atoms with E-state index in [1.54, 1.807) is 6.07 Å². The maximum absolute atomic E-state index is 12.3. The van der Waals surface area contributed by atoms with Crippen molar-refractivity contribution in [1.29, 1.82) is 0 Å². The van der Waals surface area contributed by atoms with E-state index in [9.17, 15) is 13.2 Å². The van der Waals surface area contributed by atoms with Gasteiger partial charge in [-0.3, -0.25) is 0 Å². The van der Waals surface area contributed by atoms with Crippen LogP contribution in [-0.4, -0.2) is 30.8 Å². The van der Waals surface area contributed by atoms with Crippen LogP contribution in [0.25, 0.3) is 11.5 Å². The maximum Gasteiger partial charge on any atom is 0.340 e. The van der Waals surface area contributed by atoms with Crippen molar-refractivity contribution in [2.45, 2.75) is 11.5 Å². The minimum absolute atomic E-state index is 0.0344. The van der Waals surface area contributed by atoms with Crippen molar-refractivity contribution in [3.63, 3.8) is 0 Å². The highest BCUT2D eigenvalue weighted by Crippen LogP contribution is 2.27. The predicted octanol–water partition coefficient (Wildman–Crippen LogP) is 3.91. The number of carbonyl (C=O) groups excluding carboxylic acids is 1. The van der Waals surface area contributed by atoms with Crippen LogP contribution in [0.4, 0.5) is 0 Å². The highest BCUT2D eigenvalue weighted by Gasteiger charge is 2.18. The zero-order valence-corrected chi connectivity index (χ0v) is 17.0. The lowest BCUT2D eigenvalue weighted by Gasteiger charge is -2.06. The number of sulfone groups is 1. The number of halogens is 2. The summed E-state index contributed by atoms with van der Waals surface area (Å²) in [6.07, 6.45) is 1.03. The summed E-state index contributed by atoms with van der Waals surface area (Å²) < 4.78 is 34.6. The molecule has 140 valence electrons. The van der Waals surface area contributed by atoms with Crippen LogP contribution >= 0.6 is 27.5 Å². The molecular formula is C17H12BrClN2O5S. The van der Waals surface area contributed by atoms with Crippen molar-refractivity contribution < 1.29 is 22.4 Å². The Bertz CT molecular complexity index is 1110. The van der Waals surface area contributed by atoms with Gasteiger partial charge in [0.15, 0.2) is 16.4 Å². The number of esters is 1. The van der Waals surface area contributed by atoms with Crippen LogP contribution in [0, 0.1) is 0 Å². The first-order chi connectivity index (χ1) is 12.8. The van der Waals surface area contributed by atoms with Crippen molar-refractivity contribution in [2.24, 2.45) is 0 Å². The molecule has 1 aromatic heterocycles. The van der Waals surface area contributed by atoms with Crippen LogP contribution < -0.4 is 0 Å². The zero-order valence-electron chi connectivity index (χ0n) is 13.8. The van der Waals surface area contributed by atoms with Gasteiger partial charge in [-0.25, -0.2) is 13.2 Å². The Morgan fingerprint density at radius 3 is 2.67 bits per heavy atom. The Labute approximate surface area is 168 Å². The van der Waals surface area contributed by atoms with E-state index in [1.165, 1.54) is 18.2 Å². The molecule has 0 unspecified atom stereocenters. The smallest absolute Gasteiger partial charge is 0.340 e. The summed E-state index contributed by atoms with van der Waals surface area (Å²) in [5, 5.41) is 7.83. The second kappa shape index (κ2) is 7.79. The van der Waals surface area contributed by atoms with E-state index in [0.717, 1.165) is 10.7 Å². The molecule has 0 saturated heterocycles. The fourth-order valence-corrected chi connectivity index (χ4v) is 3.45. The third kappa shape index (κ3) is 4.55. The van der Waals surface area contributed by atoms with Gasteiger partial charge in [-0.2, -0.15) is 0 Å². The van der Waals surface area contributed by atoms with Crippen molar-refractivity contribution in [3.05, 3.63) is 63.4 Å². The van der Waals surface area contributed by atoms with Gasteiger partial charge >= 0.3 is 5.97 Å². The molecule has 0 N–H and O–H groups in total. The molecule has 0 aliphatic heterocycles. The quantitative estimate of drug-likeness (QED) is 0.520. The average molecular weight is 472 g/mol. The van der Waals surface area contributed by atoms with Gasteiger partial charge in [0, 0.05) is 10.7 Å². The minimum Gasteiger partial charge on any atom is -0.452 e. The van der Waals surface area contributed by atoms with E-state index < -0.39 is 15.8 Å². The van der Waals surface area contributed by atoms with Gasteiger partial charge in [0.2, 0.25) is 5.89 Å². The van der Waals surface area contributed by atoms with Gasteiger partial charge in [0.1, 0.15) is 0 Å². The number of nitrogens with zero attached hydrogens (tertiary/aromatic N) is 2. The summed E-state index contributed by atoms with van der Waals surface area (Å²) >= 11 is 9.36. The van der Waals surface area contributed by atoms with Crippen molar-refractivity contribution in [2.75, 3.05) is 6.26 Å². The monoisotopic (exact) mass is 470 g/mol. The molecule has 0 amide bonds. The number of hydrogen-bond donors (Lipinski definition) is 0. The van der Waals surface area contributed by atoms with Crippen molar-refractivity contribution >= 4 is 43.3 Å². The van der Waals surface area contributed by atoms with Crippen molar-refractivity contribution in [3.8, 4) is 11.5 Å². The maximum atomic E-state index is 12.3. The number of carbonyl (C=O) groups is 1. The molecule has 27 heavy (non-hydrogen) atoms. The number of benzene rings is 2. The molecule has 0 aliphatic carbocycles.